The molecule has 0 fully saturated rings. The SMILES string of the molecule is CC(C)(C)NC(=O)COc1ncnc2sccc12. The molecule has 0 spiro atoms. The zero-order chi connectivity index (χ0) is 13.2. The number of ether oxygens (including phenoxy) is 1. The van der Waals surface area contributed by atoms with Crippen LogP contribution in [0.1, 0.15) is 20.8 Å². The molecule has 2 rings (SSSR count). The Labute approximate surface area is 109 Å². The van der Waals surface area contributed by atoms with Crippen LogP contribution in [0, 0.1) is 0 Å². The predicted octanol–water partition coefficient (Wildman–Crippen LogP) is 1.98. The molecule has 18 heavy (non-hydrogen) atoms. The lowest BCUT2D eigenvalue weighted by Gasteiger charge is -2.20. The number of nitrogens with one attached hydrogen (secondary N) is 1. The van der Waals surface area contributed by atoms with Crippen molar-refractivity contribution in [2.45, 2.75) is 26.3 Å². The Balaban J connectivity index is 2.02. The Morgan fingerprint density at radius 3 is 2.94 bits per heavy atom. The smallest absolute Gasteiger partial charge is 0.258 e. The number of carbonyl (C=O) groups excluding carboxylic acids is 1. The van der Waals surface area contributed by atoms with E-state index in [0.717, 1.165) is 10.2 Å². The van der Waals surface area contributed by atoms with Crippen LogP contribution >= 0.6 is 11.3 Å². The highest BCUT2D eigenvalue weighted by molar-refractivity contribution is 7.16. The number of carbonyl (C=O) groups is 1. The van der Waals surface area contributed by atoms with Gasteiger partial charge >= 0.3 is 0 Å². The molecule has 6 heteroatoms. The molecule has 5 nitrogen and oxygen atoms in total. The van der Waals surface area contributed by atoms with E-state index >= 15 is 0 Å². The van der Waals surface area contributed by atoms with Gasteiger partial charge in [0, 0.05) is 5.54 Å². The van der Waals surface area contributed by atoms with Crippen molar-refractivity contribution in [2.75, 3.05) is 6.61 Å². The maximum absolute atomic E-state index is 11.6. The lowest BCUT2D eigenvalue weighted by Crippen LogP contribution is -2.43. The zero-order valence-electron chi connectivity index (χ0n) is 10.6. The number of rotatable bonds is 3. The molecule has 0 unspecified atom stereocenters. The van der Waals surface area contributed by atoms with Crippen LogP contribution in [-0.4, -0.2) is 28.0 Å². The van der Waals surface area contributed by atoms with Gasteiger partial charge in [-0.15, -0.1) is 11.3 Å². The monoisotopic (exact) mass is 265 g/mol. The van der Waals surface area contributed by atoms with Gasteiger partial charge in [0.1, 0.15) is 11.2 Å². The van der Waals surface area contributed by atoms with E-state index in [9.17, 15) is 4.79 Å². The summed E-state index contributed by atoms with van der Waals surface area (Å²) in [6.07, 6.45) is 1.44. The average molecular weight is 265 g/mol. The summed E-state index contributed by atoms with van der Waals surface area (Å²) in [7, 11) is 0. The number of aromatic nitrogens is 2. The summed E-state index contributed by atoms with van der Waals surface area (Å²) < 4.78 is 5.43. The molecule has 2 heterocycles. The van der Waals surface area contributed by atoms with E-state index in [1.807, 2.05) is 32.2 Å². The van der Waals surface area contributed by atoms with E-state index in [4.69, 9.17) is 4.74 Å². The summed E-state index contributed by atoms with van der Waals surface area (Å²) in [4.78, 5) is 20.6. The van der Waals surface area contributed by atoms with Crippen LogP contribution in [0.25, 0.3) is 10.2 Å². The first-order valence-electron chi connectivity index (χ1n) is 5.58. The van der Waals surface area contributed by atoms with Gasteiger partial charge in [0.05, 0.1) is 5.39 Å². The van der Waals surface area contributed by atoms with Crippen LogP contribution in [0.3, 0.4) is 0 Å². The van der Waals surface area contributed by atoms with Crippen molar-refractivity contribution in [2.24, 2.45) is 0 Å². The standard InChI is InChI=1S/C12H15N3O2S/c1-12(2,3)15-9(16)6-17-10-8-4-5-18-11(8)14-7-13-10/h4-5,7H,6H2,1-3H3,(H,15,16). The van der Waals surface area contributed by atoms with Gasteiger partial charge in [0.2, 0.25) is 5.88 Å². The third-order valence-electron chi connectivity index (χ3n) is 2.08. The Kier molecular flexibility index (Phi) is 3.47. The largest absolute Gasteiger partial charge is 0.467 e. The first kappa shape index (κ1) is 12.8. The second-order valence-corrected chi connectivity index (χ2v) is 5.80. The van der Waals surface area contributed by atoms with E-state index < -0.39 is 0 Å². The van der Waals surface area contributed by atoms with Crippen molar-refractivity contribution in [1.29, 1.82) is 0 Å². The van der Waals surface area contributed by atoms with E-state index in [1.54, 1.807) is 0 Å². The molecule has 2 aromatic rings. The average Bonchev–Trinajstić information content (AvgIpc) is 2.72. The number of hydrogen-bond donors (Lipinski definition) is 1. The topological polar surface area (TPSA) is 64.1 Å². The predicted molar refractivity (Wildman–Crippen MR) is 70.8 cm³/mol. The van der Waals surface area contributed by atoms with Gasteiger partial charge in [-0.05, 0) is 32.2 Å². The minimum atomic E-state index is -0.260. The highest BCUT2D eigenvalue weighted by Gasteiger charge is 2.15. The molecule has 0 aliphatic carbocycles. The summed E-state index contributed by atoms with van der Waals surface area (Å²) in [5, 5.41) is 5.58. The molecular formula is C12H15N3O2S. The van der Waals surface area contributed by atoms with Gasteiger partial charge in [0.15, 0.2) is 6.61 Å². The molecule has 0 aliphatic rings. The number of hydrogen-bond acceptors (Lipinski definition) is 5. The first-order chi connectivity index (χ1) is 8.46. The molecule has 0 saturated carbocycles. The molecule has 0 aromatic carbocycles. The van der Waals surface area contributed by atoms with Gasteiger partial charge in [0.25, 0.3) is 5.91 Å². The molecule has 0 saturated heterocycles. The van der Waals surface area contributed by atoms with E-state index in [1.165, 1.54) is 17.7 Å². The van der Waals surface area contributed by atoms with Crippen LogP contribution in [0.5, 0.6) is 5.88 Å². The van der Waals surface area contributed by atoms with Crippen LogP contribution < -0.4 is 10.1 Å². The second kappa shape index (κ2) is 4.89. The maximum Gasteiger partial charge on any atom is 0.258 e. The summed E-state index contributed by atoms with van der Waals surface area (Å²) in [6, 6.07) is 1.89. The molecule has 1 amide bonds. The summed E-state index contributed by atoms with van der Waals surface area (Å²) in [5.74, 6) is 0.287. The Bertz CT molecular complexity index is 560. The van der Waals surface area contributed by atoms with Crippen molar-refractivity contribution in [3.63, 3.8) is 0 Å². The molecule has 0 bridgehead atoms. The molecule has 96 valence electrons. The van der Waals surface area contributed by atoms with Gasteiger partial charge in [-0.2, -0.15) is 0 Å². The van der Waals surface area contributed by atoms with Crippen molar-refractivity contribution in [1.82, 2.24) is 15.3 Å². The third-order valence-corrected chi connectivity index (χ3v) is 2.90. The lowest BCUT2D eigenvalue weighted by atomic mass is 10.1. The quantitative estimate of drug-likeness (QED) is 0.921. The Hall–Kier alpha value is -1.69. The van der Waals surface area contributed by atoms with E-state index in [2.05, 4.69) is 15.3 Å². The summed E-state index contributed by atoms with van der Waals surface area (Å²) in [6.45, 7) is 5.73. The van der Waals surface area contributed by atoms with Crippen molar-refractivity contribution in [3.8, 4) is 5.88 Å². The van der Waals surface area contributed by atoms with Crippen LogP contribution in [0.15, 0.2) is 17.8 Å². The number of fused-ring (bicyclic) bond motifs is 1. The van der Waals surface area contributed by atoms with Crippen molar-refractivity contribution in [3.05, 3.63) is 17.8 Å². The molecule has 2 aromatic heterocycles. The van der Waals surface area contributed by atoms with Crippen LogP contribution in [-0.2, 0) is 4.79 Å². The minimum absolute atomic E-state index is 0.0424. The third kappa shape index (κ3) is 3.16. The molecule has 0 radical (unpaired) electrons. The molecule has 0 aliphatic heterocycles. The fourth-order valence-corrected chi connectivity index (χ4v) is 2.19. The Morgan fingerprint density at radius 1 is 1.44 bits per heavy atom. The molecule has 1 N–H and O–H groups in total. The lowest BCUT2D eigenvalue weighted by molar-refractivity contribution is -0.124. The van der Waals surface area contributed by atoms with Gasteiger partial charge in [-0.25, -0.2) is 9.97 Å². The van der Waals surface area contributed by atoms with Gasteiger partial charge in [-0.1, -0.05) is 0 Å². The fraction of sp³-hybridized carbons (Fsp3) is 0.417. The van der Waals surface area contributed by atoms with Crippen molar-refractivity contribution < 1.29 is 9.53 Å². The molecular weight excluding hydrogens is 250 g/mol. The van der Waals surface area contributed by atoms with Crippen LogP contribution in [0.2, 0.25) is 0 Å². The van der Waals surface area contributed by atoms with Crippen molar-refractivity contribution >= 4 is 27.5 Å². The summed E-state index contributed by atoms with van der Waals surface area (Å²) >= 11 is 1.51. The zero-order valence-corrected chi connectivity index (χ0v) is 11.4. The maximum atomic E-state index is 11.6. The number of thiophene rings is 1. The van der Waals surface area contributed by atoms with E-state index in [0.29, 0.717) is 5.88 Å². The fourth-order valence-electron chi connectivity index (χ4n) is 1.47. The highest BCUT2D eigenvalue weighted by atomic mass is 32.1. The van der Waals surface area contributed by atoms with Gasteiger partial charge < -0.3 is 10.1 Å². The minimum Gasteiger partial charge on any atom is -0.467 e. The summed E-state index contributed by atoms with van der Waals surface area (Å²) in [5.41, 5.74) is -0.260. The number of nitrogens with zero attached hydrogens (tertiary/aromatic N) is 2. The highest BCUT2D eigenvalue weighted by Crippen LogP contribution is 2.25. The van der Waals surface area contributed by atoms with E-state index in [-0.39, 0.29) is 18.1 Å². The number of amides is 1. The van der Waals surface area contributed by atoms with Gasteiger partial charge in [-0.3, -0.25) is 4.79 Å². The second-order valence-electron chi connectivity index (χ2n) is 4.91. The van der Waals surface area contributed by atoms with Crippen LogP contribution in [0.4, 0.5) is 0 Å². The molecule has 0 atom stereocenters. The normalized spacial score (nSPS) is 11.5. The Morgan fingerprint density at radius 2 is 2.22 bits per heavy atom. The first-order valence-corrected chi connectivity index (χ1v) is 6.46.